The van der Waals surface area contributed by atoms with E-state index in [9.17, 15) is 9.18 Å². The molecule has 21 heavy (non-hydrogen) atoms. The van der Waals surface area contributed by atoms with E-state index in [-0.39, 0.29) is 12.2 Å². The standard InChI is InChI=1S/C15H17FN2O3/c1-15(2,9-14(19)20)8-13-18-17-12(21-13)7-10-3-5-11(16)6-4-10/h3-6H,7-9H2,1-2H3,(H,19,20). The molecule has 0 saturated heterocycles. The van der Waals surface area contributed by atoms with Gasteiger partial charge in [-0.15, -0.1) is 10.2 Å². The Morgan fingerprint density at radius 2 is 1.86 bits per heavy atom. The van der Waals surface area contributed by atoms with E-state index in [1.54, 1.807) is 12.1 Å². The van der Waals surface area contributed by atoms with Crippen molar-refractivity contribution < 1.29 is 18.7 Å². The van der Waals surface area contributed by atoms with Crippen molar-refractivity contribution in [1.82, 2.24) is 10.2 Å². The Hall–Kier alpha value is -2.24. The highest BCUT2D eigenvalue weighted by molar-refractivity contribution is 5.67. The van der Waals surface area contributed by atoms with Crippen LogP contribution in [0.15, 0.2) is 28.7 Å². The van der Waals surface area contributed by atoms with Gasteiger partial charge in [0.1, 0.15) is 5.82 Å². The topological polar surface area (TPSA) is 76.2 Å². The van der Waals surface area contributed by atoms with Gasteiger partial charge in [-0.05, 0) is 23.1 Å². The van der Waals surface area contributed by atoms with E-state index in [4.69, 9.17) is 9.52 Å². The Morgan fingerprint density at radius 1 is 1.24 bits per heavy atom. The molecule has 0 atom stereocenters. The maximum atomic E-state index is 12.8. The van der Waals surface area contributed by atoms with Crippen LogP contribution in [0.5, 0.6) is 0 Å². The van der Waals surface area contributed by atoms with Crippen molar-refractivity contribution in [3.05, 3.63) is 47.4 Å². The molecule has 0 aliphatic heterocycles. The molecule has 5 nitrogen and oxygen atoms in total. The summed E-state index contributed by atoms with van der Waals surface area (Å²) in [6.07, 6.45) is 0.852. The van der Waals surface area contributed by atoms with Crippen LogP contribution in [0.2, 0.25) is 0 Å². The Balaban J connectivity index is 2.01. The van der Waals surface area contributed by atoms with Crippen LogP contribution in [-0.2, 0) is 17.6 Å². The average Bonchev–Trinajstić information content (AvgIpc) is 2.77. The lowest BCUT2D eigenvalue weighted by atomic mass is 9.86. The van der Waals surface area contributed by atoms with Gasteiger partial charge in [-0.25, -0.2) is 4.39 Å². The van der Waals surface area contributed by atoms with Gasteiger partial charge >= 0.3 is 5.97 Å². The van der Waals surface area contributed by atoms with Crippen LogP contribution in [0.25, 0.3) is 0 Å². The minimum atomic E-state index is -0.856. The van der Waals surface area contributed by atoms with Gasteiger partial charge in [-0.3, -0.25) is 4.79 Å². The zero-order chi connectivity index (χ0) is 15.5. The molecule has 0 bridgehead atoms. The number of carboxylic acid groups (broad SMARTS) is 1. The van der Waals surface area contributed by atoms with Gasteiger partial charge in [0.25, 0.3) is 0 Å². The summed E-state index contributed by atoms with van der Waals surface area (Å²) >= 11 is 0. The third kappa shape index (κ3) is 4.66. The molecule has 1 N–H and O–H groups in total. The lowest BCUT2D eigenvalue weighted by molar-refractivity contribution is -0.139. The molecule has 0 fully saturated rings. The smallest absolute Gasteiger partial charge is 0.303 e. The molecule has 0 saturated carbocycles. The van der Waals surface area contributed by atoms with Crippen LogP contribution in [0.1, 0.15) is 37.6 Å². The van der Waals surface area contributed by atoms with Crippen LogP contribution in [0.3, 0.4) is 0 Å². The van der Waals surface area contributed by atoms with E-state index in [1.807, 2.05) is 13.8 Å². The van der Waals surface area contributed by atoms with E-state index < -0.39 is 11.4 Å². The van der Waals surface area contributed by atoms with Crippen molar-refractivity contribution in [3.8, 4) is 0 Å². The Bertz CT molecular complexity index is 620. The summed E-state index contributed by atoms with van der Waals surface area (Å²) in [5, 5.41) is 16.7. The summed E-state index contributed by atoms with van der Waals surface area (Å²) in [6.45, 7) is 3.68. The fourth-order valence-electron chi connectivity index (χ4n) is 2.09. The van der Waals surface area contributed by atoms with Gasteiger partial charge in [-0.1, -0.05) is 26.0 Å². The molecule has 6 heteroatoms. The van der Waals surface area contributed by atoms with Crippen molar-refractivity contribution in [2.75, 3.05) is 0 Å². The van der Waals surface area contributed by atoms with Gasteiger partial charge in [0.2, 0.25) is 11.8 Å². The van der Waals surface area contributed by atoms with E-state index in [0.717, 1.165) is 5.56 Å². The molecule has 1 aromatic carbocycles. The molecule has 112 valence electrons. The summed E-state index contributed by atoms with van der Waals surface area (Å²) in [4.78, 5) is 10.8. The van der Waals surface area contributed by atoms with Gasteiger partial charge in [0.05, 0.1) is 12.8 Å². The summed E-state index contributed by atoms with van der Waals surface area (Å²) in [7, 11) is 0. The first-order chi connectivity index (χ1) is 9.84. The third-order valence-electron chi connectivity index (χ3n) is 3.04. The van der Waals surface area contributed by atoms with Crippen molar-refractivity contribution in [2.45, 2.75) is 33.1 Å². The van der Waals surface area contributed by atoms with E-state index >= 15 is 0 Å². The second-order valence-corrected chi connectivity index (χ2v) is 5.80. The molecule has 0 unspecified atom stereocenters. The number of aromatic nitrogens is 2. The molecule has 0 aliphatic carbocycles. The highest BCUT2D eigenvalue weighted by Crippen LogP contribution is 2.25. The zero-order valence-electron chi connectivity index (χ0n) is 12.0. The number of carboxylic acids is 1. The molecule has 2 aromatic rings. The molecule has 0 amide bonds. The number of rotatable bonds is 6. The lowest BCUT2D eigenvalue weighted by Gasteiger charge is -2.19. The van der Waals surface area contributed by atoms with Gasteiger partial charge < -0.3 is 9.52 Å². The summed E-state index contributed by atoms with van der Waals surface area (Å²) in [6, 6.07) is 6.08. The Morgan fingerprint density at radius 3 is 2.48 bits per heavy atom. The molecule has 0 aliphatic rings. The number of carbonyl (C=O) groups is 1. The number of nitrogens with zero attached hydrogens (tertiary/aromatic N) is 2. The van der Waals surface area contributed by atoms with E-state index in [2.05, 4.69) is 10.2 Å². The Labute approximate surface area is 121 Å². The van der Waals surface area contributed by atoms with Crippen molar-refractivity contribution in [1.29, 1.82) is 0 Å². The predicted octanol–water partition coefficient (Wildman–Crippen LogP) is 2.84. The SMILES string of the molecule is CC(C)(CC(=O)O)Cc1nnc(Cc2ccc(F)cc2)o1. The van der Waals surface area contributed by atoms with Crippen LogP contribution < -0.4 is 0 Å². The van der Waals surface area contributed by atoms with Crippen molar-refractivity contribution in [3.63, 3.8) is 0 Å². The van der Waals surface area contributed by atoms with Crippen LogP contribution in [0.4, 0.5) is 4.39 Å². The number of hydrogen-bond acceptors (Lipinski definition) is 4. The first kappa shape index (κ1) is 15.2. The van der Waals surface area contributed by atoms with Crippen LogP contribution in [0, 0.1) is 11.2 Å². The fourth-order valence-corrected chi connectivity index (χ4v) is 2.09. The van der Waals surface area contributed by atoms with Crippen molar-refractivity contribution >= 4 is 5.97 Å². The van der Waals surface area contributed by atoms with E-state index in [0.29, 0.717) is 24.6 Å². The van der Waals surface area contributed by atoms with Gasteiger partial charge in [-0.2, -0.15) is 0 Å². The van der Waals surface area contributed by atoms with E-state index in [1.165, 1.54) is 12.1 Å². The normalized spacial score (nSPS) is 11.6. The average molecular weight is 292 g/mol. The number of hydrogen-bond donors (Lipinski definition) is 1. The second kappa shape index (κ2) is 6.03. The Kier molecular flexibility index (Phi) is 4.35. The summed E-state index contributed by atoms with van der Waals surface area (Å²) in [5.74, 6) is -0.299. The molecule has 1 heterocycles. The molecule has 0 spiro atoms. The minimum absolute atomic E-state index is 0.0304. The van der Waals surface area contributed by atoms with Gasteiger partial charge in [0.15, 0.2) is 0 Å². The lowest BCUT2D eigenvalue weighted by Crippen LogP contribution is -2.19. The first-order valence-corrected chi connectivity index (χ1v) is 6.61. The molecular formula is C15H17FN2O3. The first-order valence-electron chi connectivity index (χ1n) is 6.61. The summed E-state index contributed by atoms with van der Waals surface area (Å²) in [5.41, 5.74) is 0.419. The van der Waals surface area contributed by atoms with Crippen LogP contribution in [-0.4, -0.2) is 21.3 Å². The quantitative estimate of drug-likeness (QED) is 0.886. The molecule has 1 aromatic heterocycles. The number of benzene rings is 1. The molecule has 2 rings (SSSR count). The third-order valence-corrected chi connectivity index (χ3v) is 3.04. The second-order valence-electron chi connectivity index (χ2n) is 5.80. The maximum absolute atomic E-state index is 12.8. The van der Waals surface area contributed by atoms with Crippen LogP contribution >= 0.6 is 0 Å². The highest BCUT2D eigenvalue weighted by atomic mass is 19.1. The number of aliphatic carboxylic acids is 1. The summed E-state index contributed by atoms with van der Waals surface area (Å²) < 4.78 is 18.3. The zero-order valence-corrected chi connectivity index (χ0v) is 12.0. The fraction of sp³-hybridized carbons (Fsp3) is 0.400. The molecule has 0 radical (unpaired) electrons. The molecular weight excluding hydrogens is 275 g/mol. The number of halogens is 1. The largest absolute Gasteiger partial charge is 0.481 e. The highest BCUT2D eigenvalue weighted by Gasteiger charge is 2.25. The van der Waals surface area contributed by atoms with Gasteiger partial charge in [0, 0.05) is 6.42 Å². The minimum Gasteiger partial charge on any atom is -0.481 e. The predicted molar refractivity (Wildman–Crippen MR) is 73.2 cm³/mol. The maximum Gasteiger partial charge on any atom is 0.303 e. The monoisotopic (exact) mass is 292 g/mol. The van der Waals surface area contributed by atoms with Crippen molar-refractivity contribution in [2.24, 2.45) is 5.41 Å².